The van der Waals surface area contributed by atoms with E-state index in [1.54, 1.807) is 0 Å². The number of rotatable bonds is 3. The molecule has 1 aromatic carbocycles. The Morgan fingerprint density at radius 1 is 1.12 bits per heavy atom. The van der Waals surface area contributed by atoms with Crippen molar-refractivity contribution in [1.82, 2.24) is 4.90 Å². The number of piperidine rings is 1. The number of nitrogens with zero attached hydrogens (tertiary/aromatic N) is 1. The largest absolute Gasteiger partial charge is 0.326 e. The van der Waals surface area contributed by atoms with Crippen molar-refractivity contribution in [3.63, 3.8) is 0 Å². The van der Waals surface area contributed by atoms with E-state index in [4.69, 9.17) is 5.73 Å². The fourth-order valence-corrected chi connectivity index (χ4v) is 2.11. The normalized spacial score (nSPS) is 17.7. The molecule has 3 heteroatoms. The molecule has 1 heterocycles. The second-order valence-corrected chi connectivity index (χ2v) is 4.29. The van der Waals surface area contributed by atoms with Gasteiger partial charge in [-0.3, -0.25) is 9.69 Å². The van der Waals surface area contributed by atoms with E-state index < -0.39 is 0 Å². The van der Waals surface area contributed by atoms with Crippen molar-refractivity contribution in [1.29, 1.82) is 0 Å². The van der Waals surface area contributed by atoms with Crippen molar-refractivity contribution in [3.05, 3.63) is 35.4 Å². The molecule has 0 radical (unpaired) electrons. The fraction of sp³-hybridized carbons (Fsp3) is 0.462. The van der Waals surface area contributed by atoms with E-state index in [1.165, 1.54) is 11.1 Å². The van der Waals surface area contributed by atoms with Gasteiger partial charge in [-0.2, -0.15) is 0 Å². The molecule has 0 aliphatic carbocycles. The van der Waals surface area contributed by atoms with Gasteiger partial charge in [0, 0.05) is 39.0 Å². The maximum absolute atomic E-state index is 11.1. The molecule has 1 saturated heterocycles. The van der Waals surface area contributed by atoms with Gasteiger partial charge < -0.3 is 5.73 Å². The van der Waals surface area contributed by atoms with Gasteiger partial charge in [-0.1, -0.05) is 24.3 Å². The number of hydrogen-bond acceptors (Lipinski definition) is 3. The third-order valence-corrected chi connectivity index (χ3v) is 3.15. The highest BCUT2D eigenvalue weighted by Gasteiger charge is 2.16. The van der Waals surface area contributed by atoms with Gasteiger partial charge in [0.05, 0.1) is 0 Å². The molecule has 0 spiro atoms. The summed E-state index contributed by atoms with van der Waals surface area (Å²) in [6.45, 7) is 3.28. The summed E-state index contributed by atoms with van der Waals surface area (Å²) in [7, 11) is 0. The number of carbonyl (C=O) groups is 1. The first kappa shape index (κ1) is 11.3. The molecule has 1 aliphatic heterocycles. The summed E-state index contributed by atoms with van der Waals surface area (Å²) in [6.07, 6.45) is 1.40. The van der Waals surface area contributed by atoms with Crippen molar-refractivity contribution in [2.24, 2.45) is 5.73 Å². The Bertz CT molecular complexity index is 366. The second-order valence-electron chi connectivity index (χ2n) is 4.29. The van der Waals surface area contributed by atoms with Crippen molar-refractivity contribution in [3.8, 4) is 0 Å². The van der Waals surface area contributed by atoms with Crippen molar-refractivity contribution >= 4 is 5.78 Å². The van der Waals surface area contributed by atoms with Gasteiger partial charge in [0.2, 0.25) is 0 Å². The maximum Gasteiger partial charge on any atom is 0.135 e. The Kier molecular flexibility index (Phi) is 3.70. The van der Waals surface area contributed by atoms with Crippen molar-refractivity contribution < 1.29 is 4.79 Å². The smallest absolute Gasteiger partial charge is 0.135 e. The topological polar surface area (TPSA) is 46.3 Å². The van der Waals surface area contributed by atoms with Crippen LogP contribution < -0.4 is 5.73 Å². The van der Waals surface area contributed by atoms with Gasteiger partial charge in [-0.25, -0.2) is 0 Å². The number of likely N-dealkylation sites (tertiary alicyclic amines) is 1. The second kappa shape index (κ2) is 5.23. The molecule has 2 N–H and O–H groups in total. The van der Waals surface area contributed by atoms with Crippen LogP contribution in [0.5, 0.6) is 0 Å². The van der Waals surface area contributed by atoms with E-state index in [9.17, 15) is 4.79 Å². The highest BCUT2D eigenvalue weighted by Crippen LogP contribution is 2.14. The minimum Gasteiger partial charge on any atom is -0.326 e. The average Bonchev–Trinajstić information content (AvgIpc) is 2.33. The minimum atomic E-state index is 0.392. The molecule has 0 aromatic heterocycles. The Balaban J connectivity index is 2.00. The van der Waals surface area contributed by atoms with Crippen LogP contribution in [0.3, 0.4) is 0 Å². The van der Waals surface area contributed by atoms with Crippen LogP contribution in [0.1, 0.15) is 24.0 Å². The lowest BCUT2D eigenvalue weighted by Crippen LogP contribution is -2.33. The van der Waals surface area contributed by atoms with Crippen LogP contribution in [0.25, 0.3) is 0 Å². The Hall–Kier alpha value is -1.19. The third-order valence-electron chi connectivity index (χ3n) is 3.15. The van der Waals surface area contributed by atoms with Gasteiger partial charge >= 0.3 is 0 Å². The summed E-state index contributed by atoms with van der Waals surface area (Å²) >= 11 is 0. The lowest BCUT2D eigenvalue weighted by atomic mass is 10.0. The lowest BCUT2D eigenvalue weighted by Gasteiger charge is -2.26. The van der Waals surface area contributed by atoms with Crippen molar-refractivity contribution in [2.45, 2.75) is 25.9 Å². The molecule has 1 aromatic rings. The number of Topliss-reactive ketones (excluding diaryl/α,β-unsaturated/α-hetero) is 1. The fourth-order valence-electron chi connectivity index (χ4n) is 2.11. The summed E-state index contributed by atoms with van der Waals surface area (Å²) in [4.78, 5) is 13.5. The third kappa shape index (κ3) is 2.68. The standard InChI is InChI=1S/C13H18N2O/c14-9-11-3-1-2-4-12(11)10-15-7-5-13(16)6-8-15/h1-4H,5-10,14H2. The van der Waals surface area contributed by atoms with E-state index in [0.29, 0.717) is 25.2 Å². The maximum atomic E-state index is 11.1. The number of ketones is 1. The molecular formula is C13H18N2O. The predicted octanol–water partition coefficient (Wildman–Crippen LogP) is 1.31. The molecular weight excluding hydrogens is 200 g/mol. The lowest BCUT2D eigenvalue weighted by molar-refractivity contribution is -0.121. The van der Waals surface area contributed by atoms with Crippen LogP contribution in [-0.2, 0) is 17.9 Å². The molecule has 0 saturated carbocycles. The van der Waals surface area contributed by atoms with Crippen LogP contribution in [-0.4, -0.2) is 23.8 Å². The van der Waals surface area contributed by atoms with Crippen LogP contribution in [0.2, 0.25) is 0 Å². The zero-order chi connectivity index (χ0) is 11.4. The average molecular weight is 218 g/mol. The van der Waals surface area contributed by atoms with E-state index in [2.05, 4.69) is 17.0 Å². The van der Waals surface area contributed by atoms with Gasteiger partial charge in [-0.05, 0) is 11.1 Å². The summed E-state index contributed by atoms with van der Waals surface area (Å²) in [5.41, 5.74) is 8.20. The van der Waals surface area contributed by atoms with Gasteiger partial charge in [0.15, 0.2) is 0 Å². The van der Waals surface area contributed by atoms with Crippen LogP contribution in [0, 0.1) is 0 Å². The first-order valence-electron chi connectivity index (χ1n) is 5.80. The molecule has 0 bridgehead atoms. The first-order valence-corrected chi connectivity index (χ1v) is 5.80. The highest BCUT2D eigenvalue weighted by molar-refractivity contribution is 5.79. The van der Waals surface area contributed by atoms with Crippen LogP contribution in [0.15, 0.2) is 24.3 Å². The van der Waals surface area contributed by atoms with Crippen LogP contribution >= 0.6 is 0 Å². The molecule has 16 heavy (non-hydrogen) atoms. The summed E-state index contributed by atoms with van der Waals surface area (Å²) in [5, 5.41) is 0. The Morgan fingerprint density at radius 3 is 2.38 bits per heavy atom. The van der Waals surface area contributed by atoms with E-state index in [1.807, 2.05) is 12.1 Å². The molecule has 2 rings (SSSR count). The monoisotopic (exact) mass is 218 g/mol. The Labute approximate surface area is 96.2 Å². The van der Waals surface area contributed by atoms with E-state index >= 15 is 0 Å². The zero-order valence-electron chi connectivity index (χ0n) is 9.48. The van der Waals surface area contributed by atoms with Crippen molar-refractivity contribution in [2.75, 3.05) is 13.1 Å². The van der Waals surface area contributed by atoms with Gasteiger partial charge in [0.1, 0.15) is 5.78 Å². The Morgan fingerprint density at radius 2 is 1.75 bits per heavy atom. The molecule has 0 unspecified atom stereocenters. The predicted molar refractivity (Wildman–Crippen MR) is 63.9 cm³/mol. The number of nitrogens with two attached hydrogens (primary N) is 1. The van der Waals surface area contributed by atoms with Crippen LogP contribution in [0.4, 0.5) is 0 Å². The molecule has 0 amide bonds. The van der Waals surface area contributed by atoms with Gasteiger partial charge in [0.25, 0.3) is 0 Å². The SMILES string of the molecule is NCc1ccccc1CN1CCC(=O)CC1. The zero-order valence-corrected chi connectivity index (χ0v) is 9.48. The van der Waals surface area contributed by atoms with Gasteiger partial charge in [-0.15, -0.1) is 0 Å². The summed E-state index contributed by atoms with van der Waals surface area (Å²) in [5.74, 6) is 0.392. The molecule has 1 aliphatic rings. The summed E-state index contributed by atoms with van der Waals surface area (Å²) in [6, 6.07) is 8.26. The molecule has 3 nitrogen and oxygen atoms in total. The molecule has 0 atom stereocenters. The number of benzene rings is 1. The summed E-state index contributed by atoms with van der Waals surface area (Å²) < 4.78 is 0. The quantitative estimate of drug-likeness (QED) is 0.832. The highest BCUT2D eigenvalue weighted by atomic mass is 16.1. The minimum absolute atomic E-state index is 0.392. The molecule has 86 valence electrons. The number of carbonyl (C=O) groups excluding carboxylic acids is 1. The number of hydrogen-bond donors (Lipinski definition) is 1. The van der Waals surface area contributed by atoms with E-state index in [-0.39, 0.29) is 0 Å². The van der Waals surface area contributed by atoms with E-state index in [0.717, 1.165) is 19.6 Å². The molecule has 1 fully saturated rings. The first-order chi connectivity index (χ1) is 7.79.